The van der Waals surface area contributed by atoms with E-state index in [1.165, 1.54) is 18.2 Å². The predicted molar refractivity (Wildman–Crippen MR) is 59.9 cm³/mol. The second-order valence-corrected chi connectivity index (χ2v) is 4.28. The molecule has 1 amide bonds. The van der Waals surface area contributed by atoms with Crippen LogP contribution in [0.5, 0.6) is 0 Å². The van der Waals surface area contributed by atoms with E-state index in [9.17, 15) is 9.18 Å². The summed E-state index contributed by atoms with van der Waals surface area (Å²) in [6.45, 7) is 1.11. The fraction of sp³-hybridized carbons (Fsp3) is 0.364. The first-order valence-electron chi connectivity index (χ1n) is 5.08. The van der Waals surface area contributed by atoms with Crippen molar-refractivity contribution in [3.63, 3.8) is 0 Å². The number of nitrogens with zero attached hydrogens (tertiary/aromatic N) is 1. The molecule has 0 aliphatic carbocycles. The number of hydrogen-bond donors (Lipinski definition) is 1. The minimum Gasteiger partial charge on any atom is -0.337 e. The standard InChI is InChI=1S/C11H12ClFN2O/c12-10-8(2-1-3-9(10)13)11(16)15-5-4-7(14)6-15/h1-3,7H,4-6,14H2/t7-/m1/s1. The van der Waals surface area contributed by atoms with Crippen LogP contribution in [0.25, 0.3) is 0 Å². The maximum absolute atomic E-state index is 13.2. The minimum atomic E-state index is -0.573. The molecular formula is C11H12ClFN2O. The third-order valence-electron chi connectivity index (χ3n) is 2.69. The summed E-state index contributed by atoms with van der Waals surface area (Å²) >= 11 is 5.75. The molecule has 0 unspecified atom stereocenters. The quantitative estimate of drug-likeness (QED) is 0.814. The minimum absolute atomic E-state index is 0.0104. The summed E-state index contributed by atoms with van der Waals surface area (Å²) < 4.78 is 13.2. The lowest BCUT2D eigenvalue weighted by molar-refractivity contribution is 0.0790. The van der Waals surface area contributed by atoms with Crippen LogP contribution in [0.2, 0.25) is 5.02 Å². The fourth-order valence-corrected chi connectivity index (χ4v) is 2.02. The molecule has 2 N–H and O–H groups in total. The molecule has 3 nitrogen and oxygen atoms in total. The van der Waals surface area contributed by atoms with Gasteiger partial charge in [-0.25, -0.2) is 4.39 Å². The van der Waals surface area contributed by atoms with Crippen LogP contribution >= 0.6 is 11.6 Å². The monoisotopic (exact) mass is 242 g/mol. The molecule has 1 saturated heterocycles. The van der Waals surface area contributed by atoms with Crippen molar-refractivity contribution in [3.05, 3.63) is 34.6 Å². The van der Waals surface area contributed by atoms with Crippen molar-refractivity contribution in [2.45, 2.75) is 12.5 Å². The average Bonchev–Trinajstić information content (AvgIpc) is 2.68. The van der Waals surface area contributed by atoms with Gasteiger partial charge in [0, 0.05) is 19.1 Å². The lowest BCUT2D eigenvalue weighted by atomic mass is 10.2. The number of benzene rings is 1. The van der Waals surface area contributed by atoms with Crippen LogP contribution in [-0.2, 0) is 0 Å². The first kappa shape index (κ1) is 11.4. The number of carbonyl (C=O) groups excluding carboxylic acids is 1. The summed E-state index contributed by atoms with van der Waals surface area (Å²) in [6, 6.07) is 4.24. The van der Waals surface area contributed by atoms with Crippen LogP contribution in [0, 0.1) is 5.82 Å². The maximum atomic E-state index is 13.2. The highest BCUT2D eigenvalue weighted by atomic mass is 35.5. The number of halogens is 2. The molecule has 0 aromatic heterocycles. The third-order valence-corrected chi connectivity index (χ3v) is 3.08. The highest BCUT2D eigenvalue weighted by Gasteiger charge is 2.26. The van der Waals surface area contributed by atoms with Crippen molar-refractivity contribution < 1.29 is 9.18 Å². The Bertz CT molecular complexity index is 424. The van der Waals surface area contributed by atoms with Crippen molar-refractivity contribution in [1.82, 2.24) is 4.90 Å². The lowest BCUT2D eigenvalue weighted by Crippen LogP contribution is -2.32. The molecule has 0 saturated carbocycles. The number of carbonyl (C=O) groups is 1. The van der Waals surface area contributed by atoms with E-state index in [1.54, 1.807) is 4.90 Å². The average molecular weight is 243 g/mol. The summed E-state index contributed by atoms with van der Waals surface area (Å²) in [6.07, 6.45) is 0.776. The first-order chi connectivity index (χ1) is 7.59. The summed E-state index contributed by atoms with van der Waals surface area (Å²) in [5.41, 5.74) is 5.91. The van der Waals surface area contributed by atoms with Crippen molar-refractivity contribution >= 4 is 17.5 Å². The Morgan fingerprint density at radius 3 is 2.94 bits per heavy atom. The van der Waals surface area contributed by atoms with E-state index < -0.39 is 5.82 Å². The Morgan fingerprint density at radius 1 is 1.56 bits per heavy atom. The SMILES string of the molecule is N[C@@H]1CCN(C(=O)c2cccc(F)c2Cl)C1. The Labute approximate surface area is 98.0 Å². The van der Waals surface area contributed by atoms with Gasteiger partial charge in [-0.3, -0.25) is 4.79 Å². The van der Waals surface area contributed by atoms with Crippen LogP contribution in [0.1, 0.15) is 16.8 Å². The molecule has 0 radical (unpaired) electrons. The van der Waals surface area contributed by atoms with Crippen LogP contribution < -0.4 is 5.73 Å². The van der Waals surface area contributed by atoms with Gasteiger partial charge in [0.25, 0.3) is 5.91 Å². The van der Waals surface area contributed by atoms with E-state index in [-0.39, 0.29) is 22.5 Å². The molecule has 1 atom stereocenters. The van der Waals surface area contributed by atoms with Crippen molar-refractivity contribution in [2.75, 3.05) is 13.1 Å². The smallest absolute Gasteiger partial charge is 0.255 e. The van der Waals surface area contributed by atoms with Gasteiger partial charge in [0.15, 0.2) is 0 Å². The van der Waals surface area contributed by atoms with Crippen LogP contribution in [0.15, 0.2) is 18.2 Å². The Morgan fingerprint density at radius 2 is 2.31 bits per heavy atom. The molecule has 1 aromatic carbocycles. The van der Waals surface area contributed by atoms with Crippen LogP contribution in [0.4, 0.5) is 4.39 Å². The Hall–Kier alpha value is -1.13. The summed E-state index contributed by atoms with van der Waals surface area (Å²) in [5.74, 6) is -0.825. The molecule has 0 bridgehead atoms. The summed E-state index contributed by atoms with van der Waals surface area (Å²) in [4.78, 5) is 13.6. The molecule has 1 heterocycles. The number of rotatable bonds is 1. The molecule has 16 heavy (non-hydrogen) atoms. The summed E-state index contributed by atoms with van der Waals surface area (Å²) in [5, 5.41) is -0.118. The molecule has 1 aromatic rings. The molecule has 0 spiro atoms. The zero-order valence-corrected chi connectivity index (χ0v) is 9.38. The number of likely N-dealkylation sites (tertiary alicyclic amines) is 1. The molecule has 1 fully saturated rings. The van der Waals surface area contributed by atoms with Gasteiger partial charge in [0.2, 0.25) is 0 Å². The topological polar surface area (TPSA) is 46.3 Å². The number of amides is 1. The zero-order valence-electron chi connectivity index (χ0n) is 8.62. The molecule has 1 aliphatic rings. The zero-order chi connectivity index (χ0) is 11.7. The molecular weight excluding hydrogens is 231 g/mol. The highest BCUT2D eigenvalue weighted by Crippen LogP contribution is 2.22. The van der Waals surface area contributed by atoms with E-state index in [2.05, 4.69) is 0 Å². The summed E-state index contributed by atoms with van der Waals surface area (Å²) in [7, 11) is 0. The van der Waals surface area contributed by atoms with Gasteiger partial charge in [0.1, 0.15) is 5.82 Å². The van der Waals surface area contributed by atoms with Crippen molar-refractivity contribution in [2.24, 2.45) is 5.73 Å². The lowest BCUT2D eigenvalue weighted by Gasteiger charge is -2.16. The molecule has 2 rings (SSSR count). The van der Waals surface area contributed by atoms with E-state index >= 15 is 0 Å². The molecule has 5 heteroatoms. The highest BCUT2D eigenvalue weighted by molar-refractivity contribution is 6.34. The van der Waals surface area contributed by atoms with Gasteiger partial charge in [-0.05, 0) is 18.6 Å². The van der Waals surface area contributed by atoms with Gasteiger partial charge in [-0.2, -0.15) is 0 Å². The first-order valence-corrected chi connectivity index (χ1v) is 5.46. The van der Waals surface area contributed by atoms with E-state index in [4.69, 9.17) is 17.3 Å². The second kappa shape index (κ2) is 4.39. The second-order valence-electron chi connectivity index (χ2n) is 3.90. The molecule has 1 aliphatic heterocycles. The largest absolute Gasteiger partial charge is 0.337 e. The normalized spacial score (nSPS) is 20.2. The van der Waals surface area contributed by atoms with Gasteiger partial charge < -0.3 is 10.6 Å². The van der Waals surface area contributed by atoms with Crippen LogP contribution in [-0.4, -0.2) is 29.9 Å². The van der Waals surface area contributed by atoms with E-state index in [1.807, 2.05) is 0 Å². The predicted octanol–water partition coefficient (Wildman–Crippen LogP) is 1.65. The number of nitrogens with two attached hydrogens (primary N) is 1. The third kappa shape index (κ3) is 2.03. The maximum Gasteiger partial charge on any atom is 0.255 e. The van der Waals surface area contributed by atoms with E-state index in [0.29, 0.717) is 13.1 Å². The number of hydrogen-bond acceptors (Lipinski definition) is 2. The van der Waals surface area contributed by atoms with Crippen molar-refractivity contribution in [3.8, 4) is 0 Å². The van der Waals surface area contributed by atoms with Crippen LogP contribution in [0.3, 0.4) is 0 Å². The van der Waals surface area contributed by atoms with Gasteiger partial charge in [-0.1, -0.05) is 17.7 Å². The van der Waals surface area contributed by atoms with E-state index in [0.717, 1.165) is 6.42 Å². The van der Waals surface area contributed by atoms with Gasteiger partial charge >= 0.3 is 0 Å². The van der Waals surface area contributed by atoms with Gasteiger partial charge in [0.05, 0.1) is 10.6 Å². The Kier molecular flexibility index (Phi) is 3.12. The Balaban J connectivity index is 2.24. The van der Waals surface area contributed by atoms with Crippen molar-refractivity contribution in [1.29, 1.82) is 0 Å². The molecule has 86 valence electrons. The van der Waals surface area contributed by atoms with Gasteiger partial charge in [-0.15, -0.1) is 0 Å². The fourth-order valence-electron chi connectivity index (χ4n) is 1.81.